The quantitative estimate of drug-likeness (QED) is 0.614. The summed E-state index contributed by atoms with van der Waals surface area (Å²) in [5.41, 5.74) is -1.19. The van der Waals surface area contributed by atoms with E-state index in [0.29, 0.717) is 0 Å². The lowest BCUT2D eigenvalue weighted by Gasteiger charge is -2.16. The Hall–Kier alpha value is -1.59. The number of nitrogens with two attached hydrogens (primary N) is 1. The van der Waals surface area contributed by atoms with Crippen LogP contribution in [0.4, 0.5) is 15.8 Å². The van der Waals surface area contributed by atoms with Gasteiger partial charge in [-0.2, -0.15) is 4.39 Å². The molecule has 1 fully saturated rings. The summed E-state index contributed by atoms with van der Waals surface area (Å²) in [7, 11) is -3.96. The van der Waals surface area contributed by atoms with Crippen LogP contribution in [0, 0.1) is 15.9 Å². The molecule has 0 radical (unpaired) electrons. The molecule has 1 unspecified atom stereocenters. The number of nitrogens with zero attached hydrogens (tertiary/aromatic N) is 2. The maximum absolute atomic E-state index is 13.9. The molecule has 1 aromatic carbocycles. The Kier molecular flexibility index (Phi) is 4.00. The molecule has 1 aliphatic rings. The molecule has 0 aromatic heterocycles. The summed E-state index contributed by atoms with van der Waals surface area (Å²) in [6.45, 7) is -0.348. The molecule has 1 aliphatic heterocycles. The van der Waals surface area contributed by atoms with Gasteiger partial charge >= 0.3 is 5.69 Å². The van der Waals surface area contributed by atoms with E-state index in [-0.39, 0.29) is 16.7 Å². The summed E-state index contributed by atoms with van der Waals surface area (Å²) in [4.78, 5) is 22.8. The molecule has 0 saturated carbocycles. The Balaban J connectivity index is 2.51. The molecule has 1 amide bonds. The van der Waals surface area contributed by atoms with Crippen molar-refractivity contribution in [2.75, 3.05) is 11.4 Å². The third kappa shape index (κ3) is 2.89. The number of amides is 1. The third-order valence-corrected chi connectivity index (χ3v) is 4.93. The Labute approximate surface area is 127 Å². The zero-order chi connectivity index (χ0) is 15.9. The molecule has 2 rings (SSSR count). The van der Waals surface area contributed by atoms with Crippen LogP contribution >= 0.6 is 15.9 Å². The van der Waals surface area contributed by atoms with Gasteiger partial charge in [0.1, 0.15) is 10.9 Å². The van der Waals surface area contributed by atoms with Crippen molar-refractivity contribution in [2.45, 2.75) is 11.7 Å². The first-order chi connectivity index (χ1) is 9.62. The van der Waals surface area contributed by atoms with Crippen molar-refractivity contribution in [2.24, 2.45) is 5.14 Å². The van der Waals surface area contributed by atoms with E-state index >= 15 is 0 Å². The predicted molar refractivity (Wildman–Crippen MR) is 74.6 cm³/mol. The fourth-order valence-electron chi connectivity index (χ4n) is 2.05. The number of nitro groups is 1. The predicted octanol–water partition coefficient (Wildman–Crippen LogP) is 0.890. The first kappa shape index (κ1) is 15.8. The molecule has 114 valence electrons. The number of sulfonamides is 1. The molecule has 8 nitrogen and oxygen atoms in total. The van der Waals surface area contributed by atoms with Crippen LogP contribution in [0.25, 0.3) is 0 Å². The van der Waals surface area contributed by atoms with E-state index in [0.717, 1.165) is 4.90 Å². The summed E-state index contributed by atoms with van der Waals surface area (Å²) in [6.07, 6.45) is -0.395. The van der Waals surface area contributed by atoms with Gasteiger partial charge in [-0.15, -0.1) is 0 Å². The first-order valence-corrected chi connectivity index (χ1v) is 7.97. The van der Waals surface area contributed by atoms with Crippen molar-refractivity contribution in [1.82, 2.24) is 0 Å². The van der Waals surface area contributed by atoms with Crippen LogP contribution in [0.3, 0.4) is 0 Å². The van der Waals surface area contributed by atoms with Gasteiger partial charge in [0.05, 0.1) is 9.40 Å². The smallest absolute Gasteiger partial charge is 0.305 e. The lowest BCUT2D eigenvalue weighted by atomic mass is 10.2. The maximum Gasteiger partial charge on any atom is 0.329 e. The second-order valence-corrected chi connectivity index (χ2v) is 7.10. The molecule has 2 N–H and O–H groups in total. The Morgan fingerprint density at radius 1 is 1.48 bits per heavy atom. The van der Waals surface area contributed by atoms with Gasteiger partial charge in [0.15, 0.2) is 0 Å². The SMILES string of the molecule is NS(=O)(=O)C1CC(=O)N(c2ccc(Br)c(F)c2[N+](=O)[O-])C1. The second-order valence-electron chi connectivity index (χ2n) is 4.41. The van der Waals surface area contributed by atoms with Gasteiger partial charge in [0.25, 0.3) is 0 Å². The number of hydrogen-bond acceptors (Lipinski definition) is 5. The summed E-state index contributed by atoms with van der Waals surface area (Å²) in [5, 5.41) is 14.8. The topological polar surface area (TPSA) is 124 Å². The minimum Gasteiger partial charge on any atom is -0.305 e. The molecule has 1 aromatic rings. The lowest BCUT2D eigenvalue weighted by Crippen LogP contribution is -2.32. The fourth-order valence-corrected chi connectivity index (χ4v) is 3.10. The summed E-state index contributed by atoms with van der Waals surface area (Å²) in [6, 6.07) is 2.38. The van der Waals surface area contributed by atoms with Gasteiger partial charge in [-0.1, -0.05) is 0 Å². The first-order valence-electron chi connectivity index (χ1n) is 5.57. The summed E-state index contributed by atoms with van der Waals surface area (Å²) < 4.78 is 36.3. The number of carbonyl (C=O) groups is 1. The van der Waals surface area contributed by atoms with E-state index in [1.54, 1.807) is 0 Å². The van der Waals surface area contributed by atoms with Gasteiger partial charge in [-0.05, 0) is 28.1 Å². The van der Waals surface area contributed by atoms with Crippen molar-refractivity contribution in [1.29, 1.82) is 0 Å². The largest absolute Gasteiger partial charge is 0.329 e. The van der Waals surface area contributed by atoms with Crippen molar-refractivity contribution in [3.8, 4) is 0 Å². The van der Waals surface area contributed by atoms with Crippen molar-refractivity contribution < 1.29 is 22.5 Å². The van der Waals surface area contributed by atoms with Crippen LogP contribution < -0.4 is 10.0 Å². The van der Waals surface area contributed by atoms with Crippen LogP contribution in [0.1, 0.15) is 6.42 Å². The van der Waals surface area contributed by atoms with Crippen molar-refractivity contribution in [3.63, 3.8) is 0 Å². The van der Waals surface area contributed by atoms with Gasteiger partial charge in [0.2, 0.25) is 21.7 Å². The molecule has 21 heavy (non-hydrogen) atoms. The van der Waals surface area contributed by atoms with E-state index < -0.39 is 44.0 Å². The normalized spacial score (nSPS) is 19.1. The molecule has 0 spiro atoms. The highest BCUT2D eigenvalue weighted by Gasteiger charge is 2.40. The highest BCUT2D eigenvalue weighted by molar-refractivity contribution is 9.10. The maximum atomic E-state index is 13.9. The van der Waals surface area contributed by atoms with Crippen molar-refractivity contribution in [3.05, 3.63) is 32.5 Å². The lowest BCUT2D eigenvalue weighted by molar-refractivity contribution is -0.386. The number of nitro benzene ring substituents is 1. The average molecular weight is 382 g/mol. The zero-order valence-corrected chi connectivity index (χ0v) is 12.7. The monoisotopic (exact) mass is 381 g/mol. The number of primary sulfonamides is 1. The van der Waals surface area contributed by atoms with E-state index in [4.69, 9.17) is 5.14 Å². The number of hydrogen-bond donors (Lipinski definition) is 1. The Bertz CT molecular complexity index is 738. The number of halogens is 2. The number of benzene rings is 1. The van der Waals surface area contributed by atoms with E-state index in [2.05, 4.69) is 15.9 Å². The molecule has 11 heteroatoms. The Morgan fingerprint density at radius 2 is 2.10 bits per heavy atom. The van der Waals surface area contributed by atoms with Crippen LogP contribution in [-0.4, -0.2) is 31.0 Å². The third-order valence-electron chi connectivity index (χ3n) is 3.08. The molecular weight excluding hydrogens is 373 g/mol. The van der Waals surface area contributed by atoms with Gasteiger partial charge in [0, 0.05) is 13.0 Å². The molecule has 1 saturated heterocycles. The average Bonchev–Trinajstić information content (AvgIpc) is 2.74. The fraction of sp³-hybridized carbons (Fsp3) is 0.300. The molecule has 1 atom stereocenters. The van der Waals surface area contributed by atoms with E-state index in [1.807, 2.05) is 0 Å². The minimum atomic E-state index is -3.96. The second kappa shape index (κ2) is 5.31. The Morgan fingerprint density at radius 3 is 2.57 bits per heavy atom. The van der Waals surface area contributed by atoms with Gasteiger partial charge < -0.3 is 4.90 Å². The highest BCUT2D eigenvalue weighted by atomic mass is 79.9. The zero-order valence-electron chi connectivity index (χ0n) is 10.3. The van der Waals surface area contributed by atoms with E-state index in [1.165, 1.54) is 12.1 Å². The van der Waals surface area contributed by atoms with E-state index in [9.17, 15) is 27.7 Å². The molecule has 0 aliphatic carbocycles. The standard InChI is InChI=1S/C10H9BrFN3O5S/c11-6-1-2-7(10(9(6)12)15(17)18)14-4-5(3-8(14)16)21(13,19)20/h1-2,5H,3-4H2,(H2,13,19,20). The number of anilines is 1. The van der Waals surface area contributed by atoms with Crippen molar-refractivity contribution >= 4 is 43.2 Å². The molecule has 1 heterocycles. The molecule has 0 bridgehead atoms. The highest BCUT2D eigenvalue weighted by Crippen LogP contribution is 2.37. The van der Waals surface area contributed by atoms with Crippen LogP contribution in [-0.2, 0) is 14.8 Å². The summed E-state index contributed by atoms with van der Waals surface area (Å²) >= 11 is 2.82. The summed E-state index contributed by atoms with van der Waals surface area (Å²) in [5.74, 6) is -1.80. The van der Waals surface area contributed by atoms with Crippen LogP contribution in [0.15, 0.2) is 16.6 Å². The van der Waals surface area contributed by atoms with Crippen LogP contribution in [0.2, 0.25) is 0 Å². The minimum absolute atomic E-state index is 0.132. The van der Waals surface area contributed by atoms with Crippen LogP contribution in [0.5, 0.6) is 0 Å². The van der Waals surface area contributed by atoms with Gasteiger partial charge in [-0.3, -0.25) is 14.9 Å². The van der Waals surface area contributed by atoms with Gasteiger partial charge in [-0.25, -0.2) is 13.6 Å². The number of carbonyl (C=O) groups excluding carboxylic acids is 1. The number of rotatable bonds is 3. The molecular formula is C10H9BrFN3O5S.